The van der Waals surface area contributed by atoms with Crippen molar-refractivity contribution >= 4 is 28.9 Å². The van der Waals surface area contributed by atoms with E-state index in [1.165, 1.54) is 34.6 Å². The minimum Gasteiger partial charge on any atom is -0.451 e. The second-order valence-corrected chi connectivity index (χ2v) is 6.89. The van der Waals surface area contributed by atoms with Gasteiger partial charge in [-0.15, -0.1) is 11.3 Å². The number of hydrogen-bond donors (Lipinski definition) is 1. The molecule has 1 heterocycles. The van der Waals surface area contributed by atoms with Gasteiger partial charge in [-0.25, -0.2) is 4.79 Å². The summed E-state index contributed by atoms with van der Waals surface area (Å²) in [6.07, 6.45) is 4.44. The molecule has 1 aliphatic rings. The molecule has 1 aromatic heterocycles. The predicted molar refractivity (Wildman–Crippen MR) is 91.1 cm³/mol. The van der Waals surface area contributed by atoms with Gasteiger partial charge in [-0.05, 0) is 56.4 Å². The van der Waals surface area contributed by atoms with Gasteiger partial charge >= 0.3 is 5.97 Å². The first-order valence-electron chi connectivity index (χ1n) is 7.77. The van der Waals surface area contributed by atoms with Crippen molar-refractivity contribution in [3.8, 4) is 0 Å². The van der Waals surface area contributed by atoms with Gasteiger partial charge < -0.3 is 10.1 Å². The number of rotatable bonds is 4. The summed E-state index contributed by atoms with van der Waals surface area (Å²) in [6, 6.07) is 9.39. The summed E-state index contributed by atoms with van der Waals surface area (Å²) in [6.45, 7) is 1.71. The van der Waals surface area contributed by atoms with Crippen LogP contribution in [0.5, 0.6) is 0 Å². The number of nitrogens with one attached hydrogen (secondary N) is 1. The fraction of sp³-hybridized carbons (Fsp3) is 0.333. The van der Waals surface area contributed by atoms with Gasteiger partial charge in [0.1, 0.15) is 4.88 Å². The molecule has 2 aromatic rings. The molecule has 0 saturated heterocycles. The maximum absolute atomic E-state index is 12.1. The molecule has 0 saturated carbocycles. The Hall–Kier alpha value is -2.14. The van der Waals surface area contributed by atoms with Crippen molar-refractivity contribution in [3.05, 3.63) is 51.2 Å². The molecule has 5 heteroatoms. The molecule has 3 rings (SSSR count). The first kappa shape index (κ1) is 15.7. The summed E-state index contributed by atoms with van der Waals surface area (Å²) >= 11 is 1.49. The Morgan fingerprint density at radius 2 is 1.91 bits per heavy atom. The third-order valence-corrected chi connectivity index (χ3v) is 5.08. The first-order valence-corrected chi connectivity index (χ1v) is 8.59. The number of carbonyl (C=O) groups is 2. The molecule has 0 atom stereocenters. The van der Waals surface area contributed by atoms with E-state index in [0.29, 0.717) is 10.6 Å². The zero-order chi connectivity index (χ0) is 16.2. The fourth-order valence-corrected chi connectivity index (χ4v) is 3.77. The van der Waals surface area contributed by atoms with Crippen LogP contribution in [-0.4, -0.2) is 18.5 Å². The second kappa shape index (κ2) is 6.96. The highest BCUT2D eigenvalue weighted by Crippen LogP contribution is 2.29. The molecule has 0 fully saturated rings. The molecule has 0 radical (unpaired) electrons. The molecule has 1 N–H and O–H groups in total. The predicted octanol–water partition coefficient (Wildman–Crippen LogP) is 3.73. The van der Waals surface area contributed by atoms with Gasteiger partial charge in [-0.1, -0.05) is 17.7 Å². The molecular formula is C18H19NO3S. The number of aryl methyl sites for hydroxylation is 3. The summed E-state index contributed by atoms with van der Waals surface area (Å²) in [5, 5.41) is 2.71. The van der Waals surface area contributed by atoms with Crippen LogP contribution in [0.4, 0.5) is 5.69 Å². The maximum atomic E-state index is 12.1. The van der Waals surface area contributed by atoms with Crippen LogP contribution < -0.4 is 5.32 Å². The normalized spacial score (nSPS) is 13.3. The van der Waals surface area contributed by atoms with Gasteiger partial charge in [0.15, 0.2) is 6.61 Å². The topological polar surface area (TPSA) is 55.4 Å². The standard InChI is InChI=1S/C18H19NO3S/c1-12-6-8-14(9-7-12)19-17(20)11-22-18(21)16-10-13-4-2-3-5-15(13)23-16/h6-10H,2-5,11H2,1H3,(H,19,20). The maximum Gasteiger partial charge on any atom is 0.348 e. The number of fused-ring (bicyclic) bond motifs is 1. The van der Waals surface area contributed by atoms with Crippen LogP contribution in [0.3, 0.4) is 0 Å². The fourth-order valence-electron chi connectivity index (χ4n) is 2.63. The molecule has 4 nitrogen and oxygen atoms in total. The summed E-state index contributed by atoms with van der Waals surface area (Å²) in [5.74, 6) is -0.744. The number of carbonyl (C=O) groups excluding carboxylic acids is 2. The lowest BCUT2D eigenvalue weighted by atomic mass is 9.99. The van der Waals surface area contributed by atoms with Gasteiger partial charge in [0.25, 0.3) is 5.91 Å². The number of amides is 1. The van der Waals surface area contributed by atoms with Gasteiger partial charge in [0.2, 0.25) is 0 Å². The zero-order valence-electron chi connectivity index (χ0n) is 13.1. The van der Waals surface area contributed by atoms with Gasteiger partial charge in [-0.3, -0.25) is 4.79 Å². The summed E-state index contributed by atoms with van der Waals surface area (Å²) in [7, 11) is 0. The highest BCUT2D eigenvalue weighted by Gasteiger charge is 2.18. The Morgan fingerprint density at radius 1 is 1.17 bits per heavy atom. The van der Waals surface area contributed by atoms with Crippen LogP contribution in [0.2, 0.25) is 0 Å². The third kappa shape index (κ3) is 3.99. The van der Waals surface area contributed by atoms with E-state index < -0.39 is 5.97 Å². The molecule has 0 aliphatic heterocycles. The number of thiophene rings is 1. The number of esters is 1. The first-order chi connectivity index (χ1) is 11.1. The quantitative estimate of drug-likeness (QED) is 0.870. The summed E-state index contributed by atoms with van der Waals surface area (Å²) in [4.78, 5) is 25.8. The van der Waals surface area contributed by atoms with Crippen molar-refractivity contribution in [3.63, 3.8) is 0 Å². The van der Waals surface area contributed by atoms with Crippen LogP contribution in [0.1, 0.15) is 38.5 Å². The van der Waals surface area contributed by atoms with Crippen molar-refractivity contribution in [1.29, 1.82) is 0 Å². The second-order valence-electron chi connectivity index (χ2n) is 5.76. The minimum atomic E-state index is -0.413. The van der Waals surface area contributed by atoms with Gasteiger partial charge in [0.05, 0.1) is 0 Å². The number of hydrogen-bond acceptors (Lipinski definition) is 4. The number of anilines is 1. The Kier molecular flexibility index (Phi) is 4.76. The van der Waals surface area contributed by atoms with E-state index in [4.69, 9.17) is 4.74 Å². The van der Waals surface area contributed by atoms with Crippen molar-refractivity contribution in [2.24, 2.45) is 0 Å². The lowest BCUT2D eigenvalue weighted by molar-refractivity contribution is -0.119. The number of benzene rings is 1. The molecule has 1 aliphatic carbocycles. The molecule has 120 valence electrons. The molecule has 0 unspecified atom stereocenters. The minimum absolute atomic E-state index is 0.269. The van der Waals surface area contributed by atoms with E-state index in [1.54, 1.807) is 0 Å². The van der Waals surface area contributed by atoms with Crippen molar-refractivity contribution in [2.45, 2.75) is 32.6 Å². The van der Waals surface area contributed by atoms with E-state index >= 15 is 0 Å². The SMILES string of the molecule is Cc1ccc(NC(=O)COC(=O)c2cc3c(s2)CCCC3)cc1. The van der Waals surface area contributed by atoms with E-state index in [0.717, 1.165) is 18.4 Å². The van der Waals surface area contributed by atoms with E-state index in [9.17, 15) is 9.59 Å². The molecule has 1 aromatic carbocycles. The average molecular weight is 329 g/mol. The van der Waals surface area contributed by atoms with Crippen LogP contribution in [-0.2, 0) is 22.4 Å². The molecule has 0 bridgehead atoms. The van der Waals surface area contributed by atoms with Crippen LogP contribution in [0, 0.1) is 6.92 Å². The van der Waals surface area contributed by atoms with Crippen LogP contribution in [0.25, 0.3) is 0 Å². The zero-order valence-corrected chi connectivity index (χ0v) is 13.9. The van der Waals surface area contributed by atoms with Crippen molar-refractivity contribution in [2.75, 3.05) is 11.9 Å². The van der Waals surface area contributed by atoms with E-state index in [2.05, 4.69) is 5.32 Å². The summed E-state index contributed by atoms with van der Waals surface area (Å²) in [5.41, 5.74) is 3.08. The Balaban J connectivity index is 1.53. The van der Waals surface area contributed by atoms with Crippen LogP contribution in [0.15, 0.2) is 30.3 Å². The van der Waals surface area contributed by atoms with Crippen molar-refractivity contribution < 1.29 is 14.3 Å². The molecule has 0 spiro atoms. The summed E-state index contributed by atoms with van der Waals surface area (Å²) < 4.78 is 5.12. The smallest absolute Gasteiger partial charge is 0.348 e. The lowest BCUT2D eigenvalue weighted by Gasteiger charge is -2.08. The average Bonchev–Trinajstić information content (AvgIpc) is 2.99. The van der Waals surface area contributed by atoms with E-state index in [1.807, 2.05) is 37.3 Å². The Bertz CT molecular complexity index is 695. The van der Waals surface area contributed by atoms with Gasteiger partial charge in [-0.2, -0.15) is 0 Å². The monoisotopic (exact) mass is 329 g/mol. The number of ether oxygens (including phenoxy) is 1. The van der Waals surface area contributed by atoms with E-state index in [-0.39, 0.29) is 12.5 Å². The largest absolute Gasteiger partial charge is 0.451 e. The highest BCUT2D eigenvalue weighted by molar-refractivity contribution is 7.14. The Labute approximate surface area is 139 Å². The third-order valence-electron chi connectivity index (χ3n) is 3.87. The highest BCUT2D eigenvalue weighted by atomic mass is 32.1. The Morgan fingerprint density at radius 3 is 2.65 bits per heavy atom. The van der Waals surface area contributed by atoms with Gasteiger partial charge in [0, 0.05) is 10.6 Å². The molecule has 23 heavy (non-hydrogen) atoms. The molecule has 1 amide bonds. The van der Waals surface area contributed by atoms with Crippen molar-refractivity contribution in [1.82, 2.24) is 0 Å². The molecular weight excluding hydrogens is 310 g/mol. The van der Waals surface area contributed by atoms with Crippen LogP contribution >= 0.6 is 11.3 Å². The lowest BCUT2D eigenvalue weighted by Crippen LogP contribution is -2.20.